The van der Waals surface area contributed by atoms with Crippen molar-refractivity contribution in [2.45, 2.75) is 12.8 Å². The highest BCUT2D eigenvalue weighted by atomic mass is 16.5. The molecule has 0 aliphatic heterocycles. The van der Waals surface area contributed by atoms with Crippen LogP contribution in [-0.4, -0.2) is 38.1 Å². The minimum atomic E-state index is 0.0798. The minimum Gasteiger partial charge on any atom is -0.394 e. The molecular weight excluding hydrogens is 156 g/mol. The van der Waals surface area contributed by atoms with Crippen molar-refractivity contribution < 1.29 is 14.6 Å². The number of rotatable bonds is 9. The molecule has 0 aliphatic carbocycles. The Kier molecular flexibility index (Phi) is 10.3. The van der Waals surface area contributed by atoms with Crippen LogP contribution in [0.25, 0.3) is 0 Å². The molecule has 0 bridgehead atoms. The van der Waals surface area contributed by atoms with Crippen molar-refractivity contribution in [3.8, 4) is 0 Å². The van der Waals surface area contributed by atoms with Crippen LogP contribution in [0, 0.1) is 0 Å². The first-order valence-corrected chi connectivity index (χ1v) is 4.29. The summed E-state index contributed by atoms with van der Waals surface area (Å²) in [6.45, 7) is 6.02. The van der Waals surface area contributed by atoms with Gasteiger partial charge in [0.1, 0.15) is 0 Å². The zero-order chi connectivity index (χ0) is 9.07. The summed E-state index contributed by atoms with van der Waals surface area (Å²) in [7, 11) is 0. The summed E-state index contributed by atoms with van der Waals surface area (Å²) < 4.78 is 10.2. The van der Waals surface area contributed by atoms with Crippen molar-refractivity contribution in [2.75, 3.05) is 33.0 Å². The van der Waals surface area contributed by atoms with E-state index in [1.165, 1.54) is 0 Å². The van der Waals surface area contributed by atoms with E-state index in [1.807, 2.05) is 6.08 Å². The molecular formula is C9H18O3. The monoisotopic (exact) mass is 174 g/mol. The van der Waals surface area contributed by atoms with Crippen molar-refractivity contribution in [1.29, 1.82) is 0 Å². The number of hydrogen-bond acceptors (Lipinski definition) is 3. The number of ether oxygens (including phenoxy) is 2. The van der Waals surface area contributed by atoms with Gasteiger partial charge < -0.3 is 14.6 Å². The van der Waals surface area contributed by atoms with Gasteiger partial charge in [0.15, 0.2) is 0 Å². The normalized spacial score (nSPS) is 10.1. The van der Waals surface area contributed by atoms with Gasteiger partial charge in [-0.25, -0.2) is 0 Å². The van der Waals surface area contributed by atoms with E-state index in [1.54, 1.807) is 0 Å². The molecule has 1 N–H and O–H groups in total. The van der Waals surface area contributed by atoms with Crippen molar-refractivity contribution in [2.24, 2.45) is 0 Å². The molecule has 0 aromatic rings. The van der Waals surface area contributed by atoms with Gasteiger partial charge in [-0.15, -0.1) is 6.58 Å². The lowest BCUT2D eigenvalue weighted by atomic mass is 10.3. The van der Waals surface area contributed by atoms with Gasteiger partial charge in [-0.1, -0.05) is 6.08 Å². The third-order valence-electron chi connectivity index (χ3n) is 1.30. The Balaban J connectivity index is 2.77. The van der Waals surface area contributed by atoms with Crippen LogP contribution in [0.1, 0.15) is 12.8 Å². The Morgan fingerprint density at radius 2 is 1.75 bits per heavy atom. The third-order valence-corrected chi connectivity index (χ3v) is 1.30. The van der Waals surface area contributed by atoms with Gasteiger partial charge in [0, 0.05) is 6.61 Å². The van der Waals surface area contributed by atoms with E-state index in [9.17, 15) is 0 Å². The average molecular weight is 174 g/mol. The van der Waals surface area contributed by atoms with Crippen LogP contribution in [0.3, 0.4) is 0 Å². The van der Waals surface area contributed by atoms with Gasteiger partial charge in [-0.2, -0.15) is 0 Å². The smallest absolute Gasteiger partial charge is 0.0701 e. The van der Waals surface area contributed by atoms with E-state index in [-0.39, 0.29) is 6.61 Å². The highest BCUT2D eigenvalue weighted by molar-refractivity contribution is 4.64. The summed E-state index contributed by atoms with van der Waals surface area (Å²) in [4.78, 5) is 0. The van der Waals surface area contributed by atoms with Crippen LogP contribution in [0.15, 0.2) is 12.7 Å². The zero-order valence-corrected chi connectivity index (χ0v) is 7.50. The Morgan fingerprint density at radius 1 is 1.08 bits per heavy atom. The lowest BCUT2D eigenvalue weighted by Gasteiger charge is -2.03. The molecule has 0 aromatic heterocycles. The lowest BCUT2D eigenvalue weighted by molar-refractivity contribution is 0.0327. The van der Waals surface area contributed by atoms with Crippen LogP contribution < -0.4 is 0 Å². The first-order valence-electron chi connectivity index (χ1n) is 4.29. The van der Waals surface area contributed by atoms with Crippen molar-refractivity contribution in [3.05, 3.63) is 12.7 Å². The molecule has 3 nitrogen and oxygen atoms in total. The molecule has 3 heteroatoms. The van der Waals surface area contributed by atoms with Gasteiger partial charge in [0.05, 0.1) is 26.4 Å². The van der Waals surface area contributed by atoms with Crippen LogP contribution in [-0.2, 0) is 9.47 Å². The van der Waals surface area contributed by atoms with E-state index in [0.29, 0.717) is 19.8 Å². The van der Waals surface area contributed by atoms with Gasteiger partial charge in [-0.05, 0) is 12.8 Å². The second kappa shape index (κ2) is 10.6. The number of allylic oxidation sites excluding steroid dienone is 1. The maximum Gasteiger partial charge on any atom is 0.0701 e. The van der Waals surface area contributed by atoms with Crippen LogP contribution in [0.4, 0.5) is 0 Å². The Morgan fingerprint density at radius 3 is 2.33 bits per heavy atom. The SMILES string of the molecule is C=CCCCOCCOCCO. The summed E-state index contributed by atoms with van der Waals surface area (Å²) in [6.07, 6.45) is 3.90. The van der Waals surface area contributed by atoms with E-state index in [2.05, 4.69) is 6.58 Å². The summed E-state index contributed by atoms with van der Waals surface area (Å²) in [5.74, 6) is 0. The largest absolute Gasteiger partial charge is 0.394 e. The molecule has 0 rings (SSSR count). The molecule has 0 spiro atoms. The van der Waals surface area contributed by atoms with Gasteiger partial charge in [0.25, 0.3) is 0 Å². The molecule has 0 saturated heterocycles. The highest BCUT2D eigenvalue weighted by Crippen LogP contribution is 1.89. The molecule has 0 saturated carbocycles. The predicted molar refractivity (Wildman–Crippen MR) is 48.2 cm³/mol. The predicted octanol–water partition coefficient (Wildman–Crippen LogP) is 0.978. The van der Waals surface area contributed by atoms with E-state index in [4.69, 9.17) is 14.6 Å². The third kappa shape index (κ3) is 9.62. The van der Waals surface area contributed by atoms with Crippen LogP contribution >= 0.6 is 0 Å². The molecule has 0 radical (unpaired) electrons. The quantitative estimate of drug-likeness (QED) is 0.418. The highest BCUT2D eigenvalue weighted by Gasteiger charge is 1.88. The fraction of sp³-hybridized carbons (Fsp3) is 0.778. The summed E-state index contributed by atoms with van der Waals surface area (Å²) in [6, 6.07) is 0. The molecule has 0 heterocycles. The molecule has 0 aliphatic rings. The van der Waals surface area contributed by atoms with Crippen molar-refractivity contribution in [3.63, 3.8) is 0 Å². The van der Waals surface area contributed by atoms with Crippen molar-refractivity contribution in [1.82, 2.24) is 0 Å². The van der Waals surface area contributed by atoms with E-state index >= 15 is 0 Å². The summed E-state index contributed by atoms with van der Waals surface area (Å²) in [5, 5.41) is 8.36. The topological polar surface area (TPSA) is 38.7 Å². The van der Waals surface area contributed by atoms with Crippen molar-refractivity contribution >= 4 is 0 Å². The second-order valence-electron chi connectivity index (χ2n) is 2.38. The summed E-state index contributed by atoms with van der Waals surface area (Å²) in [5.41, 5.74) is 0. The maximum atomic E-state index is 8.36. The molecule has 12 heavy (non-hydrogen) atoms. The average Bonchev–Trinajstić information content (AvgIpc) is 2.10. The zero-order valence-electron chi connectivity index (χ0n) is 7.50. The van der Waals surface area contributed by atoms with Gasteiger partial charge in [0.2, 0.25) is 0 Å². The Bertz CT molecular complexity index is 93.8. The van der Waals surface area contributed by atoms with E-state index in [0.717, 1.165) is 19.4 Å². The maximum absolute atomic E-state index is 8.36. The Labute approximate surface area is 74.0 Å². The van der Waals surface area contributed by atoms with Gasteiger partial charge in [-0.3, -0.25) is 0 Å². The standard InChI is InChI=1S/C9H18O3/c1-2-3-4-6-11-8-9-12-7-5-10/h2,10H,1,3-9H2. The molecule has 0 aromatic carbocycles. The fourth-order valence-corrected chi connectivity index (χ4v) is 0.716. The first kappa shape index (κ1) is 11.6. The van der Waals surface area contributed by atoms with Crippen LogP contribution in [0.2, 0.25) is 0 Å². The fourth-order valence-electron chi connectivity index (χ4n) is 0.716. The molecule has 0 atom stereocenters. The number of aliphatic hydroxyl groups excluding tert-OH is 1. The van der Waals surface area contributed by atoms with E-state index < -0.39 is 0 Å². The number of unbranched alkanes of at least 4 members (excludes halogenated alkanes) is 1. The second-order valence-corrected chi connectivity index (χ2v) is 2.38. The lowest BCUT2D eigenvalue weighted by Crippen LogP contribution is -2.07. The molecule has 0 unspecified atom stereocenters. The minimum absolute atomic E-state index is 0.0798. The summed E-state index contributed by atoms with van der Waals surface area (Å²) >= 11 is 0. The Hall–Kier alpha value is -0.380. The molecule has 0 fully saturated rings. The first-order chi connectivity index (χ1) is 5.91. The molecule has 0 amide bonds. The number of aliphatic hydroxyl groups is 1. The number of hydrogen-bond donors (Lipinski definition) is 1. The van der Waals surface area contributed by atoms with Crippen LogP contribution in [0.5, 0.6) is 0 Å². The molecule has 72 valence electrons. The van der Waals surface area contributed by atoms with Gasteiger partial charge >= 0.3 is 0 Å².